The maximum atomic E-state index is 11.6. The Kier molecular flexibility index (Phi) is 3.09. The zero-order chi connectivity index (χ0) is 12.3. The fourth-order valence-electron chi connectivity index (χ4n) is 1.39. The number of hydrogen-bond donors (Lipinski definition) is 0. The van der Waals surface area contributed by atoms with Gasteiger partial charge in [-0.15, -0.1) is 0 Å². The molecule has 0 bridgehead atoms. The summed E-state index contributed by atoms with van der Waals surface area (Å²) >= 11 is 0. The first kappa shape index (κ1) is 11.2. The van der Waals surface area contributed by atoms with E-state index in [0.29, 0.717) is 10.7 Å². The monoisotopic (exact) mass is 230 g/mol. The van der Waals surface area contributed by atoms with Crippen molar-refractivity contribution in [3.05, 3.63) is 46.8 Å². The molecule has 0 saturated carbocycles. The highest BCUT2D eigenvalue weighted by Gasteiger charge is 2.13. The molecular formula is C12H10N2O3. The number of nitrogens with zero attached hydrogens (tertiary/aromatic N) is 2. The average Bonchev–Trinajstić information content (AvgIpc) is 2.30. The molecule has 5 heteroatoms. The van der Waals surface area contributed by atoms with Gasteiger partial charge in [-0.2, -0.15) is 0 Å². The number of carbonyl (C=O) groups is 2. The van der Waals surface area contributed by atoms with Gasteiger partial charge in [0.15, 0.2) is 0 Å². The third-order valence-electron chi connectivity index (χ3n) is 2.10. The average molecular weight is 230 g/mol. The van der Waals surface area contributed by atoms with Crippen molar-refractivity contribution in [3.63, 3.8) is 0 Å². The zero-order valence-electron chi connectivity index (χ0n) is 9.21. The minimum absolute atomic E-state index is 0.00199. The van der Waals surface area contributed by atoms with Gasteiger partial charge in [-0.3, -0.25) is 4.79 Å². The van der Waals surface area contributed by atoms with E-state index < -0.39 is 11.9 Å². The van der Waals surface area contributed by atoms with Crippen LogP contribution in [0.2, 0.25) is 0 Å². The molecule has 0 atom stereocenters. The molecular weight excluding hydrogens is 220 g/mol. The van der Waals surface area contributed by atoms with Crippen LogP contribution in [-0.2, 0) is 14.3 Å². The Morgan fingerprint density at radius 3 is 2.59 bits per heavy atom. The Labute approximate surface area is 97.2 Å². The maximum Gasteiger partial charge on any atom is 0.333 e. The Hall–Kier alpha value is -2.30. The molecule has 0 N–H and O–H groups in total. The summed E-state index contributed by atoms with van der Waals surface area (Å²) in [6, 6.07) is 6.98. The molecule has 0 saturated heterocycles. The van der Waals surface area contributed by atoms with E-state index in [9.17, 15) is 9.59 Å². The van der Waals surface area contributed by atoms with Gasteiger partial charge in [-0.25, -0.2) is 14.8 Å². The van der Waals surface area contributed by atoms with Crippen LogP contribution >= 0.6 is 0 Å². The predicted molar refractivity (Wildman–Crippen MR) is 58.5 cm³/mol. The quantitative estimate of drug-likeness (QED) is 0.527. The zero-order valence-corrected chi connectivity index (χ0v) is 9.21. The lowest BCUT2D eigenvalue weighted by molar-refractivity contribution is -0.137. The normalized spacial score (nSPS) is 15.8. The maximum absolute atomic E-state index is 11.6. The third-order valence-corrected chi connectivity index (χ3v) is 2.10. The van der Waals surface area contributed by atoms with Crippen molar-refractivity contribution < 1.29 is 14.3 Å². The van der Waals surface area contributed by atoms with Crippen LogP contribution in [0.3, 0.4) is 0 Å². The lowest BCUT2D eigenvalue weighted by Gasteiger charge is -2.02. The van der Waals surface area contributed by atoms with E-state index in [1.807, 2.05) is 0 Å². The summed E-state index contributed by atoms with van der Waals surface area (Å²) < 4.78 is 4.71. The second kappa shape index (κ2) is 4.69. The van der Waals surface area contributed by atoms with Crippen LogP contribution < -0.4 is 10.7 Å². The largest absolute Gasteiger partial charge is 0.463 e. The minimum atomic E-state index is -0.589. The summed E-state index contributed by atoms with van der Waals surface area (Å²) in [5.74, 6) is -1.12. The predicted octanol–water partition coefficient (Wildman–Crippen LogP) is -0.0870. The molecule has 0 aliphatic carbocycles. The van der Waals surface area contributed by atoms with Crippen molar-refractivity contribution in [1.82, 2.24) is 0 Å². The number of carbonyl (C=O) groups excluding carboxylic acids is 2. The summed E-state index contributed by atoms with van der Waals surface area (Å²) in [5.41, 5.74) is 0.00199. The molecule has 0 aromatic heterocycles. The van der Waals surface area contributed by atoms with Crippen LogP contribution in [0, 0.1) is 0 Å². The fourth-order valence-corrected chi connectivity index (χ4v) is 1.39. The van der Waals surface area contributed by atoms with Crippen LogP contribution in [0.25, 0.3) is 0 Å². The van der Waals surface area contributed by atoms with Gasteiger partial charge in [-0.1, -0.05) is 12.1 Å². The summed E-state index contributed by atoms with van der Waals surface area (Å²) in [4.78, 5) is 30.7. The lowest BCUT2D eigenvalue weighted by atomic mass is 10.3. The lowest BCUT2D eigenvalue weighted by Crippen LogP contribution is -2.30. The Morgan fingerprint density at radius 1 is 1.29 bits per heavy atom. The molecule has 0 spiro atoms. The van der Waals surface area contributed by atoms with E-state index in [2.05, 4.69) is 9.98 Å². The number of benzene rings is 1. The highest BCUT2D eigenvalue weighted by atomic mass is 16.5. The Bertz CT molecular complexity index is 617. The van der Waals surface area contributed by atoms with E-state index >= 15 is 0 Å². The number of fused-ring (bicyclic) bond motifs is 1. The number of hydrogen-bond acceptors (Lipinski definition) is 4. The SMILES string of the molecule is CCOC(=O)C=C1N=c2ccccc2=NC1=O. The number of rotatable bonds is 2. The van der Waals surface area contributed by atoms with Crippen LogP contribution in [0.15, 0.2) is 46.0 Å². The topological polar surface area (TPSA) is 68.1 Å². The van der Waals surface area contributed by atoms with Crippen molar-refractivity contribution in [2.24, 2.45) is 9.98 Å². The van der Waals surface area contributed by atoms with E-state index in [1.54, 1.807) is 31.2 Å². The minimum Gasteiger partial charge on any atom is -0.463 e. The smallest absolute Gasteiger partial charge is 0.333 e. The molecule has 0 radical (unpaired) electrons. The molecule has 0 unspecified atom stereocenters. The molecule has 5 nitrogen and oxygen atoms in total. The van der Waals surface area contributed by atoms with E-state index in [-0.39, 0.29) is 12.3 Å². The molecule has 0 fully saturated rings. The Morgan fingerprint density at radius 2 is 1.94 bits per heavy atom. The first-order chi connectivity index (χ1) is 8.20. The molecule has 1 aliphatic heterocycles. The second-order valence-corrected chi connectivity index (χ2v) is 3.30. The number of ether oxygens (including phenoxy) is 1. The van der Waals surface area contributed by atoms with Crippen molar-refractivity contribution in [1.29, 1.82) is 0 Å². The molecule has 17 heavy (non-hydrogen) atoms. The molecule has 1 heterocycles. The second-order valence-electron chi connectivity index (χ2n) is 3.30. The molecule has 1 aliphatic rings. The molecule has 1 aromatic carbocycles. The highest BCUT2D eigenvalue weighted by molar-refractivity contribution is 5.99. The van der Waals surface area contributed by atoms with Crippen LogP contribution in [0.1, 0.15) is 6.92 Å². The van der Waals surface area contributed by atoms with E-state index in [0.717, 1.165) is 6.08 Å². The number of esters is 1. The van der Waals surface area contributed by atoms with Gasteiger partial charge in [-0.05, 0) is 19.1 Å². The van der Waals surface area contributed by atoms with E-state index in [4.69, 9.17) is 4.74 Å². The summed E-state index contributed by atoms with van der Waals surface area (Å²) in [6.07, 6.45) is 1.06. The molecule has 1 amide bonds. The van der Waals surface area contributed by atoms with Crippen molar-refractivity contribution in [3.8, 4) is 0 Å². The molecule has 1 aromatic rings. The molecule has 2 rings (SSSR count). The van der Waals surface area contributed by atoms with Crippen LogP contribution in [0.5, 0.6) is 0 Å². The summed E-state index contributed by atoms with van der Waals surface area (Å²) in [6.45, 7) is 1.94. The molecule has 86 valence electrons. The van der Waals surface area contributed by atoms with Crippen molar-refractivity contribution in [2.75, 3.05) is 6.61 Å². The van der Waals surface area contributed by atoms with Gasteiger partial charge in [0.1, 0.15) is 5.70 Å². The van der Waals surface area contributed by atoms with Crippen molar-refractivity contribution in [2.45, 2.75) is 6.92 Å². The van der Waals surface area contributed by atoms with Crippen LogP contribution in [0.4, 0.5) is 0 Å². The number of para-hydroxylation sites is 2. The van der Waals surface area contributed by atoms with Crippen molar-refractivity contribution >= 4 is 11.9 Å². The van der Waals surface area contributed by atoms with Gasteiger partial charge in [0.05, 0.1) is 23.4 Å². The van der Waals surface area contributed by atoms with Crippen LogP contribution in [-0.4, -0.2) is 18.5 Å². The first-order valence-electron chi connectivity index (χ1n) is 5.16. The van der Waals surface area contributed by atoms with Gasteiger partial charge >= 0.3 is 5.97 Å². The summed E-state index contributed by atoms with van der Waals surface area (Å²) in [7, 11) is 0. The first-order valence-corrected chi connectivity index (χ1v) is 5.16. The van der Waals surface area contributed by atoms with Gasteiger partial charge in [0.2, 0.25) is 0 Å². The highest BCUT2D eigenvalue weighted by Crippen LogP contribution is 2.01. The van der Waals surface area contributed by atoms with Gasteiger partial charge in [0, 0.05) is 0 Å². The van der Waals surface area contributed by atoms with Gasteiger partial charge in [0.25, 0.3) is 5.91 Å². The standard InChI is InChI=1S/C12H10N2O3/c1-2-17-11(15)7-10-12(16)14-9-6-4-3-5-8(9)13-10/h3-7H,2H2,1H3. The number of amides is 1. The van der Waals surface area contributed by atoms with Gasteiger partial charge < -0.3 is 4.74 Å². The summed E-state index contributed by atoms with van der Waals surface area (Å²) in [5, 5.41) is 1.08. The van der Waals surface area contributed by atoms with E-state index in [1.165, 1.54) is 0 Å². The Balaban J connectivity index is 2.44. The fraction of sp³-hybridized carbons (Fsp3) is 0.167. The third kappa shape index (κ3) is 2.44.